The fraction of sp³-hybridized carbons (Fsp3) is 0.438. The second-order valence-electron chi connectivity index (χ2n) is 5.78. The number of benzene rings is 1. The van der Waals surface area contributed by atoms with Gasteiger partial charge in [-0.25, -0.2) is 0 Å². The van der Waals surface area contributed by atoms with E-state index in [4.69, 9.17) is 5.73 Å². The van der Waals surface area contributed by atoms with Crippen molar-refractivity contribution in [3.05, 3.63) is 30.6 Å². The topological polar surface area (TPSA) is 45.4 Å². The Labute approximate surface area is 120 Å². The highest BCUT2D eigenvalue weighted by Gasteiger charge is 2.21. The lowest BCUT2D eigenvalue weighted by Crippen LogP contribution is -2.42. The van der Waals surface area contributed by atoms with Gasteiger partial charge >= 0.3 is 0 Å². The molecule has 4 nitrogen and oxygen atoms in total. The van der Waals surface area contributed by atoms with Gasteiger partial charge in [-0.15, -0.1) is 0 Å². The number of anilines is 2. The fourth-order valence-corrected chi connectivity index (χ4v) is 3.10. The summed E-state index contributed by atoms with van der Waals surface area (Å²) in [5.74, 6) is 0. The molecule has 2 aromatic rings. The smallest absolute Gasteiger partial charge is 0.0448 e. The van der Waals surface area contributed by atoms with Gasteiger partial charge in [-0.05, 0) is 45.1 Å². The summed E-state index contributed by atoms with van der Waals surface area (Å²) in [7, 11) is 4.34. The minimum atomic E-state index is 0.702. The Balaban J connectivity index is 1.90. The van der Waals surface area contributed by atoms with Crippen molar-refractivity contribution < 1.29 is 0 Å². The molecule has 0 saturated carbocycles. The second-order valence-corrected chi connectivity index (χ2v) is 5.78. The maximum Gasteiger partial charge on any atom is 0.0448 e. The number of pyridine rings is 1. The molecule has 0 unspecified atom stereocenters. The highest BCUT2D eigenvalue weighted by Crippen LogP contribution is 2.32. The van der Waals surface area contributed by atoms with E-state index in [2.05, 4.69) is 41.0 Å². The number of hydrogen-bond donors (Lipinski definition) is 1. The number of rotatable bonds is 2. The Morgan fingerprint density at radius 1 is 1.15 bits per heavy atom. The van der Waals surface area contributed by atoms with Gasteiger partial charge in [0, 0.05) is 53.7 Å². The van der Waals surface area contributed by atoms with E-state index in [0.717, 1.165) is 24.2 Å². The molecule has 4 heteroatoms. The first-order valence-electron chi connectivity index (χ1n) is 7.20. The van der Waals surface area contributed by atoms with E-state index in [0.29, 0.717) is 6.04 Å². The molecule has 0 amide bonds. The van der Waals surface area contributed by atoms with Crippen LogP contribution in [0.5, 0.6) is 0 Å². The summed E-state index contributed by atoms with van der Waals surface area (Å²) in [6.07, 6.45) is 6.13. The Kier molecular flexibility index (Phi) is 3.49. The van der Waals surface area contributed by atoms with Crippen LogP contribution in [0.3, 0.4) is 0 Å². The molecular weight excluding hydrogens is 248 g/mol. The molecule has 106 valence electrons. The van der Waals surface area contributed by atoms with Gasteiger partial charge in [-0.3, -0.25) is 4.98 Å². The van der Waals surface area contributed by atoms with Crippen molar-refractivity contribution in [1.29, 1.82) is 0 Å². The van der Waals surface area contributed by atoms with Crippen LogP contribution in [0.15, 0.2) is 30.6 Å². The molecule has 1 aliphatic rings. The van der Waals surface area contributed by atoms with E-state index < -0.39 is 0 Å². The quantitative estimate of drug-likeness (QED) is 0.851. The van der Waals surface area contributed by atoms with E-state index >= 15 is 0 Å². The first-order valence-corrected chi connectivity index (χ1v) is 7.20. The lowest BCUT2D eigenvalue weighted by Gasteiger charge is -2.37. The summed E-state index contributed by atoms with van der Waals surface area (Å²) in [6.45, 7) is 2.20. The maximum absolute atomic E-state index is 6.05. The second kappa shape index (κ2) is 5.29. The molecule has 0 bridgehead atoms. The number of piperidine rings is 1. The number of aromatic nitrogens is 1. The minimum absolute atomic E-state index is 0.702. The summed E-state index contributed by atoms with van der Waals surface area (Å²) < 4.78 is 0. The van der Waals surface area contributed by atoms with Crippen molar-refractivity contribution in [2.75, 3.05) is 37.8 Å². The SMILES string of the molecule is CN(C)C1CCN(c2ccc(N)c3cnccc23)CC1. The predicted molar refractivity (Wildman–Crippen MR) is 85.1 cm³/mol. The van der Waals surface area contributed by atoms with Crippen LogP contribution >= 0.6 is 0 Å². The molecule has 2 heterocycles. The van der Waals surface area contributed by atoms with Crippen LogP contribution < -0.4 is 10.6 Å². The molecule has 1 fully saturated rings. The molecule has 1 aromatic heterocycles. The van der Waals surface area contributed by atoms with Crippen molar-refractivity contribution in [2.24, 2.45) is 0 Å². The largest absolute Gasteiger partial charge is 0.398 e. The van der Waals surface area contributed by atoms with Crippen LogP contribution in [0.2, 0.25) is 0 Å². The number of nitrogens with zero attached hydrogens (tertiary/aromatic N) is 3. The third kappa shape index (κ3) is 2.31. The first-order chi connectivity index (χ1) is 9.66. The summed E-state index contributed by atoms with van der Waals surface area (Å²) in [5.41, 5.74) is 8.14. The Morgan fingerprint density at radius 3 is 2.60 bits per heavy atom. The summed E-state index contributed by atoms with van der Waals surface area (Å²) in [4.78, 5) is 9.00. The van der Waals surface area contributed by atoms with Crippen molar-refractivity contribution >= 4 is 22.1 Å². The third-order valence-corrected chi connectivity index (χ3v) is 4.36. The molecule has 1 aromatic carbocycles. The maximum atomic E-state index is 6.05. The number of fused-ring (bicyclic) bond motifs is 1. The molecule has 1 aliphatic heterocycles. The van der Waals surface area contributed by atoms with Crippen LogP contribution in [0, 0.1) is 0 Å². The fourth-order valence-electron chi connectivity index (χ4n) is 3.10. The molecular formula is C16H22N4. The normalized spacial score (nSPS) is 17.1. The van der Waals surface area contributed by atoms with Crippen molar-refractivity contribution in [3.63, 3.8) is 0 Å². The van der Waals surface area contributed by atoms with Crippen LogP contribution in [-0.2, 0) is 0 Å². The van der Waals surface area contributed by atoms with Crippen LogP contribution in [0.25, 0.3) is 10.8 Å². The predicted octanol–water partition coefficient (Wildman–Crippen LogP) is 2.35. The summed E-state index contributed by atoms with van der Waals surface area (Å²) in [5, 5.41) is 2.27. The van der Waals surface area contributed by atoms with Gasteiger partial charge in [-0.2, -0.15) is 0 Å². The van der Waals surface area contributed by atoms with Gasteiger partial charge in [0.15, 0.2) is 0 Å². The third-order valence-electron chi connectivity index (χ3n) is 4.36. The van der Waals surface area contributed by atoms with Crippen LogP contribution in [0.1, 0.15) is 12.8 Å². The molecule has 0 spiro atoms. The van der Waals surface area contributed by atoms with Gasteiger partial charge in [0.1, 0.15) is 0 Å². The molecule has 3 rings (SSSR count). The molecule has 2 N–H and O–H groups in total. The van der Waals surface area contributed by atoms with Crippen molar-refractivity contribution in [1.82, 2.24) is 9.88 Å². The summed E-state index contributed by atoms with van der Waals surface area (Å²) in [6, 6.07) is 6.91. The molecule has 0 radical (unpaired) electrons. The standard InChI is InChI=1S/C16H22N4/c1-19(2)12-6-9-20(10-7-12)16-4-3-15(17)14-11-18-8-5-13(14)16/h3-5,8,11-12H,6-7,9-10,17H2,1-2H3. The molecule has 1 saturated heterocycles. The lowest BCUT2D eigenvalue weighted by atomic mass is 10.0. The van der Waals surface area contributed by atoms with Gasteiger partial charge in [-0.1, -0.05) is 0 Å². The number of nitrogens with two attached hydrogens (primary N) is 1. The van der Waals surface area contributed by atoms with Gasteiger partial charge in [0.2, 0.25) is 0 Å². The Morgan fingerprint density at radius 2 is 1.90 bits per heavy atom. The minimum Gasteiger partial charge on any atom is -0.398 e. The lowest BCUT2D eigenvalue weighted by molar-refractivity contribution is 0.250. The van der Waals surface area contributed by atoms with Crippen LogP contribution in [0.4, 0.5) is 11.4 Å². The highest BCUT2D eigenvalue weighted by molar-refractivity contribution is 6.00. The van der Waals surface area contributed by atoms with Crippen molar-refractivity contribution in [2.45, 2.75) is 18.9 Å². The zero-order valence-electron chi connectivity index (χ0n) is 12.2. The van der Waals surface area contributed by atoms with Gasteiger partial charge in [0.05, 0.1) is 0 Å². The first kappa shape index (κ1) is 13.2. The Hall–Kier alpha value is -1.81. The van der Waals surface area contributed by atoms with E-state index in [1.165, 1.54) is 23.9 Å². The average molecular weight is 270 g/mol. The highest BCUT2D eigenvalue weighted by atomic mass is 15.2. The molecule has 0 atom stereocenters. The molecule has 20 heavy (non-hydrogen) atoms. The van der Waals surface area contributed by atoms with Gasteiger partial charge < -0.3 is 15.5 Å². The molecule has 0 aliphatic carbocycles. The average Bonchev–Trinajstić information content (AvgIpc) is 2.48. The zero-order chi connectivity index (χ0) is 14.1. The Bertz CT molecular complexity index is 600. The van der Waals surface area contributed by atoms with Crippen LogP contribution in [-0.4, -0.2) is 43.1 Å². The number of hydrogen-bond acceptors (Lipinski definition) is 4. The monoisotopic (exact) mass is 270 g/mol. The van der Waals surface area contributed by atoms with Crippen molar-refractivity contribution in [3.8, 4) is 0 Å². The van der Waals surface area contributed by atoms with E-state index in [1.54, 1.807) is 0 Å². The van der Waals surface area contributed by atoms with Gasteiger partial charge in [0.25, 0.3) is 0 Å². The summed E-state index contributed by atoms with van der Waals surface area (Å²) >= 11 is 0. The zero-order valence-corrected chi connectivity index (χ0v) is 12.2. The number of nitrogen functional groups attached to an aromatic ring is 1. The van der Waals surface area contributed by atoms with E-state index in [1.807, 2.05) is 18.5 Å². The van der Waals surface area contributed by atoms with E-state index in [-0.39, 0.29) is 0 Å². The van der Waals surface area contributed by atoms with E-state index in [9.17, 15) is 0 Å².